The smallest absolute Gasteiger partial charge is 0.277 e. The molecule has 6 heteroatoms. The minimum absolute atomic E-state index is 0.146. The zero-order valence-electron chi connectivity index (χ0n) is 15.7. The molecule has 5 nitrogen and oxygen atoms in total. The minimum atomic E-state index is 0.146. The summed E-state index contributed by atoms with van der Waals surface area (Å²) in [6.45, 7) is 4.05. The number of hydrogen-bond acceptors (Lipinski definition) is 5. The maximum Gasteiger partial charge on any atom is 0.277 e. The van der Waals surface area contributed by atoms with Gasteiger partial charge >= 0.3 is 0 Å². The van der Waals surface area contributed by atoms with Crippen molar-refractivity contribution in [2.75, 3.05) is 18.8 Å². The number of likely N-dealkylation sites (tertiary alicyclic amines) is 1. The van der Waals surface area contributed by atoms with Crippen molar-refractivity contribution in [2.45, 2.75) is 68.9 Å². The van der Waals surface area contributed by atoms with Gasteiger partial charge in [0.25, 0.3) is 5.22 Å². The molecule has 0 aromatic carbocycles. The summed E-state index contributed by atoms with van der Waals surface area (Å²) in [4.78, 5) is 14.4. The van der Waals surface area contributed by atoms with Gasteiger partial charge in [-0.1, -0.05) is 18.7 Å². The number of carbonyl (C=O) groups excluding carboxylic acids is 1. The zero-order valence-corrected chi connectivity index (χ0v) is 16.5. The van der Waals surface area contributed by atoms with E-state index < -0.39 is 0 Å². The molecule has 4 aliphatic carbocycles. The van der Waals surface area contributed by atoms with Crippen molar-refractivity contribution in [1.82, 2.24) is 15.1 Å². The molecule has 1 amide bonds. The Labute approximate surface area is 159 Å². The monoisotopic (exact) mass is 375 g/mol. The summed E-state index contributed by atoms with van der Waals surface area (Å²) in [6.07, 6.45) is 10.2. The van der Waals surface area contributed by atoms with Crippen LogP contribution in [0.25, 0.3) is 0 Å². The van der Waals surface area contributed by atoms with Crippen molar-refractivity contribution >= 4 is 17.7 Å². The maximum atomic E-state index is 12.4. The number of nitrogens with zero attached hydrogens (tertiary/aromatic N) is 3. The second-order valence-electron chi connectivity index (χ2n) is 9.42. The molecule has 26 heavy (non-hydrogen) atoms. The molecule has 5 aliphatic rings. The lowest BCUT2D eigenvalue weighted by atomic mass is 9.49. The predicted octanol–water partition coefficient (Wildman–Crippen LogP) is 3.89. The molecule has 1 aromatic heterocycles. The van der Waals surface area contributed by atoms with E-state index in [9.17, 15) is 4.79 Å². The molecule has 5 fully saturated rings. The van der Waals surface area contributed by atoms with Gasteiger partial charge < -0.3 is 9.32 Å². The molecular weight excluding hydrogens is 346 g/mol. The van der Waals surface area contributed by atoms with E-state index in [1.54, 1.807) is 0 Å². The molecule has 0 unspecified atom stereocenters. The van der Waals surface area contributed by atoms with E-state index in [0.717, 1.165) is 55.5 Å². The van der Waals surface area contributed by atoms with Gasteiger partial charge in [-0.2, -0.15) is 0 Å². The highest BCUT2D eigenvalue weighted by molar-refractivity contribution is 7.99. The Kier molecular flexibility index (Phi) is 4.29. The maximum absolute atomic E-state index is 12.4. The molecular formula is C20H29N3O2S. The van der Waals surface area contributed by atoms with Crippen molar-refractivity contribution < 1.29 is 9.21 Å². The Morgan fingerprint density at radius 1 is 1.12 bits per heavy atom. The predicted molar refractivity (Wildman–Crippen MR) is 99.9 cm³/mol. The Morgan fingerprint density at radius 2 is 1.73 bits per heavy atom. The van der Waals surface area contributed by atoms with Crippen LogP contribution in [0, 0.1) is 23.7 Å². The van der Waals surface area contributed by atoms with Gasteiger partial charge in [-0.15, -0.1) is 10.2 Å². The number of amides is 1. The average Bonchev–Trinajstić information content (AvgIpc) is 3.09. The van der Waals surface area contributed by atoms with Gasteiger partial charge in [0, 0.05) is 18.5 Å². The first-order chi connectivity index (χ1) is 12.6. The van der Waals surface area contributed by atoms with E-state index >= 15 is 0 Å². The Bertz CT molecular complexity index is 645. The highest BCUT2D eigenvalue weighted by Gasteiger charge is 2.54. The van der Waals surface area contributed by atoms with Crippen LogP contribution in [0.4, 0.5) is 0 Å². The SMILES string of the molecule is CC1CCN(C(=O)CSc2nnc(C34CC5CC(CC(C5)C3)C4)o2)CC1. The molecule has 1 saturated heterocycles. The van der Waals surface area contributed by atoms with Gasteiger partial charge in [-0.05, 0) is 75.0 Å². The summed E-state index contributed by atoms with van der Waals surface area (Å²) in [5, 5.41) is 9.30. The number of carbonyl (C=O) groups is 1. The molecule has 2 heterocycles. The van der Waals surface area contributed by atoms with Crippen molar-refractivity contribution in [3.63, 3.8) is 0 Å². The van der Waals surface area contributed by atoms with Crippen LogP contribution in [0.5, 0.6) is 0 Å². The first-order valence-electron chi connectivity index (χ1n) is 10.3. The van der Waals surface area contributed by atoms with Crippen molar-refractivity contribution in [1.29, 1.82) is 0 Å². The summed E-state index contributed by atoms with van der Waals surface area (Å²) < 4.78 is 6.09. The van der Waals surface area contributed by atoms with Crippen LogP contribution in [0.2, 0.25) is 0 Å². The fourth-order valence-electron chi connectivity index (χ4n) is 6.33. The molecule has 0 spiro atoms. The molecule has 6 rings (SSSR count). The third kappa shape index (κ3) is 3.08. The average molecular weight is 376 g/mol. The van der Waals surface area contributed by atoms with Gasteiger partial charge in [0.15, 0.2) is 0 Å². The first kappa shape index (κ1) is 17.1. The van der Waals surface area contributed by atoms with Gasteiger partial charge in [-0.25, -0.2) is 0 Å². The van der Waals surface area contributed by atoms with Gasteiger partial charge in [0.2, 0.25) is 11.8 Å². The minimum Gasteiger partial charge on any atom is -0.415 e. The third-order valence-corrected chi connectivity index (χ3v) is 8.16. The summed E-state index contributed by atoms with van der Waals surface area (Å²) in [5.41, 5.74) is 0.146. The zero-order chi connectivity index (χ0) is 17.7. The normalized spacial score (nSPS) is 36.7. The number of aromatic nitrogens is 2. The van der Waals surface area contributed by atoms with E-state index in [1.807, 2.05) is 4.90 Å². The quantitative estimate of drug-likeness (QED) is 0.747. The van der Waals surface area contributed by atoms with Gasteiger partial charge in [-0.3, -0.25) is 4.79 Å². The Hall–Kier alpha value is -1.04. The van der Waals surface area contributed by atoms with E-state index in [-0.39, 0.29) is 11.3 Å². The second kappa shape index (κ2) is 6.54. The molecule has 4 bridgehead atoms. The van der Waals surface area contributed by atoms with Gasteiger partial charge in [0.05, 0.1) is 5.75 Å². The second-order valence-corrected chi connectivity index (χ2v) is 10.3. The van der Waals surface area contributed by atoms with Crippen LogP contribution in [0.1, 0.15) is 64.2 Å². The third-order valence-electron chi connectivity index (χ3n) is 7.35. The lowest BCUT2D eigenvalue weighted by Gasteiger charge is -2.55. The van der Waals surface area contributed by atoms with Crippen LogP contribution in [0.3, 0.4) is 0 Å². The van der Waals surface area contributed by atoms with E-state index in [0.29, 0.717) is 11.0 Å². The highest BCUT2D eigenvalue weighted by Crippen LogP contribution is 2.60. The van der Waals surface area contributed by atoms with Gasteiger partial charge in [0.1, 0.15) is 0 Å². The van der Waals surface area contributed by atoms with Crippen LogP contribution >= 0.6 is 11.8 Å². The Morgan fingerprint density at radius 3 is 2.35 bits per heavy atom. The first-order valence-corrected chi connectivity index (χ1v) is 11.3. The summed E-state index contributed by atoms with van der Waals surface area (Å²) in [5.74, 6) is 4.82. The lowest BCUT2D eigenvalue weighted by molar-refractivity contribution is -0.129. The van der Waals surface area contributed by atoms with Crippen molar-refractivity contribution in [2.24, 2.45) is 23.7 Å². The van der Waals surface area contributed by atoms with E-state index in [1.165, 1.54) is 50.3 Å². The molecule has 0 atom stereocenters. The van der Waals surface area contributed by atoms with Crippen LogP contribution in [0.15, 0.2) is 9.64 Å². The highest BCUT2D eigenvalue weighted by atomic mass is 32.2. The summed E-state index contributed by atoms with van der Waals surface area (Å²) >= 11 is 1.42. The van der Waals surface area contributed by atoms with E-state index in [4.69, 9.17) is 4.42 Å². The summed E-state index contributed by atoms with van der Waals surface area (Å²) in [7, 11) is 0. The van der Waals surface area contributed by atoms with Crippen LogP contribution in [-0.4, -0.2) is 39.8 Å². The molecule has 0 radical (unpaired) electrons. The number of thioether (sulfide) groups is 1. The number of rotatable bonds is 4. The molecule has 1 aliphatic heterocycles. The standard InChI is InChI=1S/C20H29N3O2S/c1-13-2-4-23(5-3-13)17(24)12-26-19-22-21-18(25-19)20-9-14-6-15(10-20)8-16(7-14)11-20/h13-16H,2-12H2,1H3. The number of piperidine rings is 1. The van der Waals surface area contributed by atoms with Crippen molar-refractivity contribution in [3.8, 4) is 0 Å². The van der Waals surface area contributed by atoms with Crippen molar-refractivity contribution in [3.05, 3.63) is 5.89 Å². The van der Waals surface area contributed by atoms with Crippen LogP contribution < -0.4 is 0 Å². The fourth-order valence-corrected chi connectivity index (χ4v) is 6.99. The van der Waals surface area contributed by atoms with E-state index in [2.05, 4.69) is 17.1 Å². The molecule has 142 valence electrons. The molecule has 0 N–H and O–H groups in total. The molecule has 1 aromatic rings. The van der Waals surface area contributed by atoms with Crippen LogP contribution in [-0.2, 0) is 10.2 Å². The molecule has 4 saturated carbocycles. The fraction of sp³-hybridized carbons (Fsp3) is 0.850. The number of hydrogen-bond donors (Lipinski definition) is 0. The summed E-state index contributed by atoms with van der Waals surface area (Å²) in [6, 6.07) is 0. The Balaban J connectivity index is 1.22. The topological polar surface area (TPSA) is 59.2 Å². The lowest BCUT2D eigenvalue weighted by Crippen LogP contribution is -2.48. The largest absolute Gasteiger partial charge is 0.415 e.